The molecule has 0 aliphatic carbocycles. The average molecular weight is 141 g/mol. The van der Waals surface area contributed by atoms with Gasteiger partial charge in [0.05, 0.1) is 19.1 Å². The van der Waals surface area contributed by atoms with E-state index in [0.29, 0.717) is 5.57 Å². The molecule has 4 heteroatoms. The Balaban J connectivity index is 2.59. The molecule has 0 aromatic heterocycles. The summed E-state index contributed by atoms with van der Waals surface area (Å²) in [6.07, 6.45) is 1.50. The maximum absolute atomic E-state index is 10.7. The number of rotatable bonds is 1. The molecule has 1 amide bonds. The van der Waals surface area contributed by atoms with Crippen molar-refractivity contribution in [1.82, 2.24) is 5.32 Å². The fourth-order valence-corrected chi connectivity index (χ4v) is 0.705. The van der Waals surface area contributed by atoms with Crippen LogP contribution in [-0.4, -0.2) is 19.0 Å². The van der Waals surface area contributed by atoms with E-state index in [9.17, 15) is 9.59 Å². The molecule has 0 saturated carbocycles. The van der Waals surface area contributed by atoms with Crippen LogP contribution in [0.15, 0.2) is 11.8 Å². The van der Waals surface area contributed by atoms with Crippen LogP contribution in [0.4, 0.5) is 0 Å². The van der Waals surface area contributed by atoms with Gasteiger partial charge in [0.2, 0.25) is 5.91 Å². The number of carbonyl (C=O) groups excluding carboxylic acids is 2. The summed E-state index contributed by atoms with van der Waals surface area (Å²) in [5, 5.41) is 2.38. The highest BCUT2D eigenvalue weighted by molar-refractivity contribution is 5.98. The Bertz CT molecular complexity index is 207. The second-order valence-electron chi connectivity index (χ2n) is 1.91. The topological polar surface area (TPSA) is 55.4 Å². The number of carbonyl (C=O) groups is 2. The van der Waals surface area contributed by atoms with Crippen LogP contribution in [0.25, 0.3) is 0 Å². The predicted octanol–water partition coefficient (Wildman–Crippen LogP) is -0.437. The SMILES string of the molecule is COC(=O)C1=CNC(=O)C1. The van der Waals surface area contributed by atoms with E-state index < -0.39 is 5.97 Å². The lowest BCUT2D eigenvalue weighted by atomic mass is 10.2. The van der Waals surface area contributed by atoms with Gasteiger partial charge in [-0.15, -0.1) is 0 Å². The molecule has 1 heterocycles. The van der Waals surface area contributed by atoms with Gasteiger partial charge in [-0.1, -0.05) is 0 Å². The van der Waals surface area contributed by atoms with Crippen molar-refractivity contribution in [3.8, 4) is 0 Å². The van der Waals surface area contributed by atoms with E-state index in [4.69, 9.17) is 0 Å². The third-order valence-electron chi connectivity index (χ3n) is 1.21. The van der Waals surface area contributed by atoms with Gasteiger partial charge in [0.1, 0.15) is 0 Å². The summed E-state index contributed by atoms with van der Waals surface area (Å²) in [7, 11) is 1.28. The van der Waals surface area contributed by atoms with Crippen LogP contribution in [0.1, 0.15) is 6.42 Å². The lowest BCUT2D eigenvalue weighted by molar-refractivity contribution is -0.136. The maximum Gasteiger partial charge on any atom is 0.335 e. The fourth-order valence-electron chi connectivity index (χ4n) is 0.705. The monoisotopic (exact) mass is 141 g/mol. The van der Waals surface area contributed by atoms with Crippen molar-refractivity contribution in [3.63, 3.8) is 0 Å². The van der Waals surface area contributed by atoms with Crippen molar-refractivity contribution in [2.24, 2.45) is 0 Å². The van der Waals surface area contributed by atoms with E-state index in [-0.39, 0.29) is 12.3 Å². The third kappa shape index (κ3) is 1.15. The molecule has 1 aliphatic rings. The molecule has 1 N–H and O–H groups in total. The summed E-state index contributed by atoms with van der Waals surface area (Å²) < 4.78 is 4.38. The molecule has 0 saturated heterocycles. The lowest BCUT2D eigenvalue weighted by Gasteiger charge is -1.93. The van der Waals surface area contributed by atoms with E-state index in [1.54, 1.807) is 0 Å². The minimum atomic E-state index is -0.446. The number of amides is 1. The smallest absolute Gasteiger partial charge is 0.335 e. The third-order valence-corrected chi connectivity index (χ3v) is 1.21. The fraction of sp³-hybridized carbons (Fsp3) is 0.333. The van der Waals surface area contributed by atoms with Crippen LogP contribution in [0, 0.1) is 0 Å². The van der Waals surface area contributed by atoms with Crippen molar-refractivity contribution >= 4 is 11.9 Å². The minimum absolute atomic E-state index is 0.132. The van der Waals surface area contributed by atoms with Crippen LogP contribution in [-0.2, 0) is 14.3 Å². The Morgan fingerprint density at radius 3 is 2.90 bits per heavy atom. The second-order valence-corrected chi connectivity index (χ2v) is 1.91. The molecule has 54 valence electrons. The molecule has 0 radical (unpaired) electrons. The zero-order valence-corrected chi connectivity index (χ0v) is 5.51. The van der Waals surface area contributed by atoms with Gasteiger partial charge in [0.25, 0.3) is 0 Å². The van der Waals surface area contributed by atoms with E-state index in [2.05, 4.69) is 10.1 Å². The van der Waals surface area contributed by atoms with Crippen LogP contribution in [0.5, 0.6) is 0 Å². The van der Waals surface area contributed by atoms with Crippen molar-refractivity contribution in [2.45, 2.75) is 6.42 Å². The molecule has 0 aromatic rings. The average Bonchev–Trinajstić information content (AvgIpc) is 2.34. The van der Waals surface area contributed by atoms with Crippen molar-refractivity contribution in [3.05, 3.63) is 11.8 Å². The van der Waals surface area contributed by atoms with Gasteiger partial charge < -0.3 is 10.1 Å². The number of methoxy groups -OCH3 is 1. The maximum atomic E-state index is 10.7. The zero-order chi connectivity index (χ0) is 7.56. The molecule has 0 aromatic carbocycles. The Hall–Kier alpha value is -1.32. The van der Waals surface area contributed by atoms with Gasteiger partial charge in [-0.2, -0.15) is 0 Å². The number of nitrogens with one attached hydrogen (secondary N) is 1. The van der Waals surface area contributed by atoms with Crippen molar-refractivity contribution in [2.75, 3.05) is 7.11 Å². The molecule has 1 rings (SSSR count). The van der Waals surface area contributed by atoms with Crippen LogP contribution >= 0.6 is 0 Å². The Kier molecular flexibility index (Phi) is 1.71. The van der Waals surface area contributed by atoms with Gasteiger partial charge in [-0.05, 0) is 0 Å². The summed E-state index contributed by atoms with van der Waals surface area (Å²) in [5.41, 5.74) is 0.382. The molecular weight excluding hydrogens is 134 g/mol. The summed E-state index contributed by atoms with van der Waals surface area (Å²) >= 11 is 0. The number of hydrogen-bond acceptors (Lipinski definition) is 3. The molecule has 4 nitrogen and oxygen atoms in total. The Morgan fingerprint density at radius 1 is 1.80 bits per heavy atom. The lowest BCUT2D eigenvalue weighted by Crippen LogP contribution is -2.09. The largest absolute Gasteiger partial charge is 0.466 e. The number of esters is 1. The minimum Gasteiger partial charge on any atom is -0.466 e. The first-order valence-corrected chi connectivity index (χ1v) is 2.81. The van der Waals surface area contributed by atoms with E-state index in [0.717, 1.165) is 0 Å². The molecule has 0 bridgehead atoms. The highest BCUT2D eigenvalue weighted by atomic mass is 16.5. The number of hydrogen-bond donors (Lipinski definition) is 1. The molecule has 0 spiro atoms. The number of ether oxygens (including phenoxy) is 1. The Morgan fingerprint density at radius 2 is 2.50 bits per heavy atom. The second kappa shape index (κ2) is 2.51. The Labute approximate surface area is 57.9 Å². The van der Waals surface area contributed by atoms with E-state index >= 15 is 0 Å². The van der Waals surface area contributed by atoms with Crippen molar-refractivity contribution in [1.29, 1.82) is 0 Å². The summed E-state index contributed by atoms with van der Waals surface area (Å²) in [6, 6.07) is 0. The van der Waals surface area contributed by atoms with Crippen LogP contribution in [0.3, 0.4) is 0 Å². The molecule has 0 atom stereocenters. The van der Waals surface area contributed by atoms with Gasteiger partial charge in [0, 0.05) is 6.20 Å². The first-order chi connectivity index (χ1) is 4.74. The van der Waals surface area contributed by atoms with E-state index in [1.165, 1.54) is 13.3 Å². The zero-order valence-electron chi connectivity index (χ0n) is 5.51. The summed E-state index contributed by atoms with van der Waals surface area (Å²) in [4.78, 5) is 21.2. The van der Waals surface area contributed by atoms with Gasteiger partial charge >= 0.3 is 5.97 Å². The van der Waals surface area contributed by atoms with Gasteiger partial charge in [-0.25, -0.2) is 4.79 Å². The van der Waals surface area contributed by atoms with Gasteiger partial charge in [0.15, 0.2) is 0 Å². The highest BCUT2D eigenvalue weighted by Gasteiger charge is 2.18. The first-order valence-electron chi connectivity index (χ1n) is 2.81. The quantitative estimate of drug-likeness (QED) is 0.504. The van der Waals surface area contributed by atoms with E-state index in [1.807, 2.05) is 0 Å². The van der Waals surface area contributed by atoms with Crippen LogP contribution < -0.4 is 5.32 Å². The normalized spacial score (nSPS) is 16.1. The summed E-state index contributed by atoms with van der Waals surface area (Å²) in [5.74, 6) is -0.612. The van der Waals surface area contributed by atoms with Crippen LogP contribution in [0.2, 0.25) is 0 Å². The summed E-state index contributed by atoms with van der Waals surface area (Å²) in [6.45, 7) is 0. The molecule has 0 fully saturated rings. The highest BCUT2D eigenvalue weighted by Crippen LogP contribution is 2.07. The molecule has 0 unspecified atom stereocenters. The van der Waals surface area contributed by atoms with Gasteiger partial charge in [-0.3, -0.25) is 4.79 Å². The molecular formula is C6H7NO3. The standard InChI is InChI=1S/C6H7NO3/c1-10-6(9)4-2-5(8)7-3-4/h3H,2H2,1H3,(H,7,8). The van der Waals surface area contributed by atoms with Crippen molar-refractivity contribution < 1.29 is 14.3 Å². The first kappa shape index (κ1) is 6.80. The molecule has 1 aliphatic heterocycles. The molecule has 10 heavy (non-hydrogen) atoms. The predicted molar refractivity (Wildman–Crippen MR) is 32.9 cm³/mol.